The van der Waals surface area contributed by atoms with Gasteiger partial charge in [0, 0.05) is 24.5 Å². The van der Waals surface area contributed by atoms with Gasteiger partial charge in [0.1, 0.15) is 6.10 Å². The topological polar surface area (TPSA) is 55.3 Å². The molecule has 2 aromatic rings. The number of halogens is 3. The Balaban J connectivity index is 1.70. The second-order valence-electron chi connectivity index (χ2n) is 5.74. The molecule has 132 valence electrons. The lowest BCUT2D eigenvalue weighted by Gasteiger charge is -2.32. The van der Waals surface area contributed by atoms with Gasteiger partial charge in [-0.2, -0.15) is 13.2 Å². The molecule has 3 rings (SSSR count). The SMILES string of the molecule is O=C(c1cccc(C(F)(F)F)c1)N1CCCC(Oc2ncccn2)C1. The normalized spacial score (nSPS) is 18.0. The molecule has 1 aliphatic heterocycles. The zero-order chi connectivity index (χ0) is 17.9. The number of likely N-dealkylation sites (tertiary alicyclic amines) is 1. The van der Waals surface area contributed by atoms with Crippen LogP contribution in [0.2, 0.25) is 0 Å². The molecule has 0 aliphatic carbocycles. The number of nitrogens with zero attached hydrogens (tertiary/aromatic N) is 3. The Labute approximate surface area is 142 Å². The molecule has 1 aromatic heterocycles. The number of ether oxygens (including phenoxy) is 1. The van der Waals surface area contributed by atoms with Crippen molar-refractivity contribution in [2.24, 2.45) is 0 Å². The van der Waals surface area contributed by atoms with Crippen LogP contribution < -0.4 is 4.74 Å². The van der Waals surface area contributed by atoms with Crippen LogP contribution in [0, 0.1) is 0 Å². The van der Waals surface area contributed by atoms with Crippen LogP contribution in [0.5, 0.6) is 6.01 Å². The first-order valence-corrected chi connectivity index (χ1v) is 7.84. The van der Waals surface area contributed by atoms with E-state index in [1.165, 1.54) is 17.0 Å². The molecule has 1 unspecified atom stereocenters. The highest BCUT2D eigenvalue weighted by molar-refractivity contribution is 5.94. The van der Waals surface area contributed by atoms with Crippen molar-refractivity contribution in [2.75, 3.05) is 13.1 Å². The Kier molecular flexibility index (Phi) is 4.87. The van der Waals surface area contributed by atoms with Gasteiger partial charge in [0.25, 0.3) is 5.91 Å². The number of aromatic nitrogens is 2. The van der Waals surface area contributed by atoms with Crippen molar-refractivity contribution in [3.8, 4) is 6.01 Å². The van der Waals surface area contributed by atoms with Gasteiger partial charge in [0.2, 0.25) is 0 Å². The van der Waals surface area contributed by atoms with Gasteiger partial charge in [0.05, 0.1) is 12.1 Å². The third-order valence-corrected chi connectivity index (χ3v) is 3.92. The molecule has 8 heteroatoms. The second kappa shape index (κ2) is 7.08. The fraction of sp³-hybridized carbons (Fsp3) is 0.353. The molecule has 0 N–H and O–H groups in total. The number of hydrogen-bond donors (Lipinski definition) is 0. The molecule has 1 fully saturated rings. The van der Waals surface area contributed by atoms with Gasteiger partial charge in [-0.05, 0) is 37.1 Å². The summed E-state index contributed by atoms with van der Waals surface area (Å²) in [7, 11) is 0. The molecule has 0 saturated carbocycles. The minimum atomic E-state index is -4.48. The van der Waals surface area contributed by atoms with Crippen LogP contribution in [0.25, 0.3) is 0 Å². The van der Waals surface area contributed by atoms with E-state index in [2.05, 4.69) is 9.97 Å². The number of hydrogen-bond acceptors (Lipinski definition) is 4. The van der Waals surface area contributed by atoms with E-state index in [1.807, 2.05) is 0 Å². The molecule has 1 aliphatic rings. The number of carbonyl (C=O) groups is 1. The molecule has 2 heterocycles. The fourth-order valence-electron chi connectivity index (χ4n) is 2.73. The van der Waals surface area contributed by atoms with E-state index in [9.17, 15) is 18.0 Å². The van der Waals surface area contributed by atoms with E-state index in [0.717, 1.165) is 18.6 Å². The van der Waals surface area contributed by atoms with Crippen molar-refractivity contribution in [3.05, 3.63) is 53.9 Å². The summed E-state index contributed by atoms with van der Waals surface area (Å²) in [6.45, 7) is 0.762. The Bertz CT molecular complexity index is 737. The van der Waals surface area contributed by atoms with Crippen LogP contribution >= 0.6 is 0 Å². The highest BCUT2D eigenvalue weighted by Gasteiger charge is 2.32. The van der Waals surface area contributed by atoms with E-state index in [1.54, 1.807) is 18.5 Å². The largest absolute Gasteiger partial charge is 0.458 e. The van der Waals surface area contributed by atoms with Crippen LogP contribution in [0.15, 0.2) is 42.7 Å². The van der Waals surface area contributed by atoms with Crippen LogP contribution in [-0.2, 0) is 6.18 Å². The summed E-state index contributed by atoms with van der Waals surface area (Å²) in [5.74, 6) is -0.437. The van der Waals surface area contributed by atoms with E-state index < -0.39 is 17.6 Å². The maximum Gasteiger partial charge on any atom is 0.416 e. The number of carbonyl (C=O) groups excluding carboxylic acids is 1. The highest BCUT2D eigenvalue weighted by atomic mass is 19.4. The number of alkyl halides is 3. The third-order valence-electron chi connectivity index (χ3n) is 3.92. The maximum atomic E-state index is 12.8. The monoisotopic (exact) mass is 351 g/mol. The van der Waals surface area contributed by atoms with Gasteiger partial charge in [0.15, 0.2) is 0 Å². The Hall–Kier alpha value is -2.64. The van der Waals surface area contributed by atoms with Crippen molar-refractivity contribution < 1.29 is 22.7 Å². The molecule has 1 aromatic carbocycles. The lowest BCUT2D eigenvalue weighted by Crippen LogP contribution is -2.44. The van der Waals surface area contributed by atoms with Crippen LogP contribution in [0.3, 0.4) is 0 Å². The smallest absolute Gasteiger partial charge is 0.416 e. The summed E-state index contributed by atoms with van der Waals surface area (Å²) in [5, 5.41) is 0. The van der Waals surface area contributed by atoms with E-state index >= 15 is 0 Å². The number of rotatable bonds is 3. The number of piperidine rings is 1. The van der Waals surface area contributed by atoms with Crippen molar-refractivity contribution in [2.45, 2.75) is 25.1 Å². The van der Waals surface area contributed by atoms with Crippen molar-refractivity contribution in [1.29, 1.82) is 0 Å². The minimum absolute atomic E-state index is 0.0198. The van der Waals surface area contributed by atoms with Crippen molar-refractivity contribution in [3.63, 3.8) is 0 Å². The van der Waals surface area contributed by atoms with Crippen LogP contribution in [0.4, 0.5) is 13.2 Å². The Morgan fingerprint density at radius 2 is 1.96 bits per heavy atom. The number of benzene rings is 1. The molecular formula is C17H16F3N3O2. The fourth-order valence-corrected chi connectivity index (χ4v) is 2.73. The van der Waals surface area contributed by atoms with Gasteiger partial charge in [-0.15, -0.1) is 0 Å². The van der Waals surface area contributed by atoms with E-state index in [4.69, 9.17) is 4.74 Å². The molecule has 5 nitrogen and oxygen atoms in total. The molecule has 0 spiro atoms. The first kappa shape index (κ1) is 17.2. The molecule has 0 bridgehead atoms. The molecule has 0 radical (unpaired) electrons. The summed E-state index contributed by atoms with van der Waals surface area (Å²) in [4.78, 5) is 22.0. The quantitative estimate of drug-likeness (QED) is 0.852. The summed E-state index contributed by atoms with van der Waals surface area (Å²) >= 11 is 0. The minimum Gasteiger partial charge on any atom is -0.458 e. The third kappa shape index (κ3) is 4.26. The molecule has 1 amide bonds. The zero-order valence-electron chi connectivity index (χ0n) is 13.2. The summed E-state index contributed by atoms with van der Waals surface area (Å²) < 4.78 is 44.1. The first-order valence-electron chi connectivity index (χ1n) is 7.84. The first-order chi connectivity index (χ1) is 11.9. The highest BCUT2D eigenvalue weighted by Crippen LogP contribution is 2.30. The number of amides is 1. The second-order valence-corrected chi connectivity index (χ2v) is 5.74. The lowest BCUT2D eigenvalue weighted by molar-refractivity contribution is -0.137. The van der Waals surface area contributed by atoms with Gasteiger partial charge in [-0.1, -0.05) is 6.07 Å². The predicted octanol–water partition coefficient (Wildman–Crippen LogP) is 3.18. The van der Waals surface area contributed by atoms with Gasteiger partial charge in [-0.25, -0.2) is 9.97 Å². The molecule has 25 heavy (non-hydrogen) atoms. The standard InChI is InChI=1S/C17H16F3N3O2/c18-17(19,20)13-5-1-4-12(10-13)15(24)23-9-2-6-14(11-23)25-16-21-7-3-8-22-16/h1,3-5,7-8,10,14H,2,6,9,11H2. The van der Waals surface area contributed by atoms with Gasteiger partial charge >= 0.3 is 12.2 Å². The van der Waals surface area contributed by atoms with Gasteiger partial charge < -0.3 is 9.64 Å². The van der Waals surface area contributed by atoms with Crippen molar-refractivity contribution in [1.82, 2.24) is 14.9 Å². The lowest BCUT2D eigenvalue weighted by atomic mass is 10.1. The zero-order valence-corrected chi connectivity index (χ0v) is 13.2. The summed E-state index contributed by atoms with van der Waals surface area (Å²) in [6, 6.07) is 6.35. The van der Waals surface area contributed by atoms with E-state index in [0.29, 0.717) is 13.0 Å². The average molecular weight is 351 g/mol. The molecule has 1 atom stereocenters. The predicted molar refractivity (Wildman–Crippen MR) is 83.0 cm³/mol. The van der Waals surface area contributed by atoms with Gasteiger partial charge in [-0.3, -0.25) is 4.79 Å². The Morgan fingerprint density at radius 3 is 2.68 bits per heavy atom. The molecule has 1 saturated heterocycles. The van der Waals surface area contributed by atoms with Crippen LogP contribution in [-0.4, -0.2) is 40.0 Å². The van der Waals surface area contributed by atoms with E-state index in [-0.39, 0.29) is 24.2 Å². The molecular weight excluding hydrogens is 335 g/mol. The average Bonchev–Trinajstić information content (AvgIpc) is 2.61. The van der Waals surface area contributed by atoms with Crippen molar-refractivity contribution >= 4 is 5.91 Å². The van der Waals surface area contributed by atoms with Crippen LogP contribution in [0.1, 0.15) is 28.8 Å². The summed E-state index contributed by atoms with van der Waals surface area (Å²) in [5.41, 5.74) is -0.813. The Morgan fingerprint density at radius 1 is 1.20 bits per heavy atom. The summed E-state index contributed by atoms with van der Waals surface area (Å²) in [6.07, 6.45) is -0.236. The maximum absolute atomic E-state index is 12.8.